The number of carbonyl (C=O) groups is 1. The van der Waals surface area contributed by atoms with E-state index < -0.39 is 0 Å². The molecule has 0 spiro atoms. The van der Waals surface area contributed by atoms with E-state index in [1.807, 2.05) is 37.3 Å². The summed E-state index contributed by atoms with van der Waals surface area (Å²) in [6.45, 7) is 6.33. The maximum atomic E-state index is 12.1. The first-order valence-corrected chi connectivity index (χ1v) is 6.73. The number of nitrogens with zero attached hydrogens (tertiary/aromatic N) is 1. The Bertz CT molecular complexity index is 578. The Morgan fingerprint density at radius 2 is 1.89 bits per heavy atom. The topological polar surface area (TPSA) is 42.0 Å². The number of hydrogen-bond acceptors (Lipinski definition) is 2. The van der Waals surface area contributed by atoms with Gasteiger partial charge in [-0.2, -0.15) is 0 Å². The van der Waals surface area contributed by atoms with Gasteiger partial charge in [0, 0.05) is 11.4 Å². The van der Waals surface area contributed by atoms with Crippen LogP contribution in [0.15, 0.2) is 36.4 Å². The van der Waals surface area contributed by atoms with E-state index in [4.69, 9.17) is 0 Å². The molecule has 0 unspecified atom stereocenters. The third-order valence-corrected chi connectivity index (χ3v) is 3.03. The van der Waals surface area contributed by atoms with Crippen LogP contribution in [0.25, 0.3) is 10.9 Å². The van der Waals surface area contributed by atoms with Gasteiger partial charge in [0.15, 0.2) is 0 Å². The molecule has 3 nitrogen and oxygen atoms in total. The molecule has 1 aromatic carbocycles. The molecule has 0 aliphatic carbocycles. The number of hydrogen-bond donors (Lipinski definition) is 1. The molecule has 0 bridgehead atoms. The molecule has 1 N–H and O–H groups in total. The summed E-state index contributed by atoms with van der Waals surface area (Å²) in [6.07, 6.45) is 0.972. The fraction of sp³-hybridized carbons (Fsp3) is 0.375. The van der Waals surface area contributed by atoms with E-state index in [0.717, 1.165) is 17.3 Å². The van der Waals surface area contributed by atoms with Gasteiger partial charge in [-0.25, -0.2) is 4.98 Å². The molecular formula is C16H20N2O. The number of aromatic nitrogens is 1. The number of carbonyl (C=O) groups excluding carboxylic acids is 1. The smallest absolute Gasteiger partial charge is 0.270 e. The van der Waals surface area contributed by atoms with Crippen LogP contribution in [0.5, 0.6) is 0 Å². The summed E-state index contributed by atoms with van der Waals surface area (Å²) >= 11 is 0. The number of nitrogens with one attached hydrogen (secondary N) is 1. The third-order valence-electron chi connectivity index (χ3n) is 3.03. The number of rotatable bonds is 4. The molecule has 2 rings (SSSR count). The van der Waals surface area contributed by atoms with Crippen LogP contribution in [0.2, 0.25) is 0 Å². The van der Waals surface area contributed by atoms with Crippen LogP contribution < -0.4 is 5.32 Å². The summed E-state index contributed by atoms with van der Waals surface area (Å²) < 4.78 is 0. The zero-order valence-corrected chi connectivity index (χ0v) is 11.7. The van der Waals surface area contributed by atoms with Crippen LogP contribution in [-0.4, -0.2) is 16.9 Å². The number of para-hydroxylation sites is 1. The summed E-state index contributed by atoms with van der Waals surface area (Å²) in [7, 11) is 0. The largest absolute Gasteiger partial charge is 0.348 e. The minimum Gasteiger partial charge on any atom is -0.348 e. The Morgan fingerprint density at radius 3 is 2.63 bits per heavy atom. The molecule has 0 radical (unpaired) electrons. The molecular weight excluding hydrogens is 236 g/mol. The van der Waals surface area contributed by atoms with Gasteiger partial charge in [0.2, 0.25) is 0 Å². The van der Waals surface area contributed by atoms with Gasteiger partial charge in [-0.3, -0.25) is 4.79 Å². The zero-order chi connectivity index (χ0) is 13.8. The van der Waals surface area contributed by atoms with Crippen LogP contribution in [0, 0.1) is 5.92 Å². The molecule has 2 aromatic rings. The quantitative estimate of drug-likeness (QED) is 0.911. The van der Waals surface area contributed by atoms with E-state index in [0.29, 0.717) is 11.6 Å². The Kier molecular flexibility index (Phi) is 4.15. The predicted molar refractivity (Wildman–Crippen MR) is 78.1 cm³/mol. The van der Waals surface area contributed by atoms with Crippen LogP contribution in [0.4, 0.5) is 0 Å². The van der Waals surface area contributed by atoms with E-state index in [9.17, 15) is 4.79 Å². The van der Waals surface area contributed by atoms with Gasteiger partial charge in [0.1, 0.15) is 5.69 Å². The molecule has 1 amide bonds. The summed E-state index contributed by atoms with van der Waals surface area (Å²) in [4.78, 5) is 16.5. The van der Waals surface area contributed by atoms with Crippen molar-refractivity contribution in [3.05, 3.63) is 42.1 Å². The van der Waals surface area contributed by atoms with Crippen molar-refractivity contribution in [2.24, 2.45) is 5.92 Å². The molecule has 0 saturated heterocycles. The molecule has 0 fully saturated rings. The lowest BCUT2D eigenvalue weighted by atomic mass is 10.1. The molecule has 19 heavy (non-hydrogen) atoms. The highest BCUT2D eigenvalue weighted by Gasteiger charge is 2.12. The summed E-state index contributed by atoms with van der Waals surface area (Å²) in [5, 5.41) is 4.04. The molecule has 3 heteroatoms. The summed E-state index contributed by atoms with van der Waals surface area (Å²) in [5.41, 5.74) is 1.33. The average molecular weight is 256 g/mol. The van der Waals surface area contributed by atoms with E-state index in [1.54, 1.807) is 6.07 Å². The van der Waals surface area contributed by atoms with Crippen LogP contribution >= 0.6 is 0 Å². The monoisotopic (exact) mass is 256 g/mol. The lowest BCUT2D eigenvalue weighted by Gasteiger charge is -2.15. The van der Waals surface area contributed by atoms with Gasteiger partial charge in [0.05, 0.1) is 5.52 Å². The molecule has 0 aliphatic rings. The normalized spacial score (nSPS) is 12.6. The van der Waals surface area contributed by atoms with Gasteiger partial charge in [-0.1, -0.05) is 38.1 Å². The SMILES string of the molecule is CC(C)C[C@@H](C)NC(=O)c1ccc2ccccc2n1. The Hall–Kier alpha value is -1.90. The zero-order valence-electron chi connectivity index (χ0n) is 11.7. The molecule has 100 valence electrons. The fourth-order valence-corrected chi connectivity index (χ4v) is 2.26. The predicted octanol–water partition coefficient (Wildman–Crippen LogP) is 3.40. The van der Waals surface area contributed by atoms with E-state index in [1.165, 1.54) is 0 Å². The highest BCUT2D eigenvalue weighted by molar-refractivity contribution is 5.94. The minimum absolute atomic E-state index is 0.0982. The van der Waals surface area contributed by atoms with Crippen molar-refractivity contribution in [2.75, 3.05) is 0 Å². The lowest BCUT2D eigenvalue weighted by Crippen LogP contribution is -2.33. The highest BCUT2D eigenvalue weighted by atomic mass is 16.1. The first-order chi connectivity index (χ1) is 9.06. The van der Waals surface area contributed by atoms with Gasteiger partial charge in [-0.05, 0) is 31.4 Å². The van der Waals surface area contributed by atoms with Crippen molar-refractivity contribution in [3.8, 4) is 0 Å². The number of benzene rings is 1. The average Bonchev–Trinajstić information content (AvgIpc) is 2.37. The second-order valence-corrected chi connectivity index (χ2v) is 5.39. The highest BCUT2D eigenvalue weighted by Crippen LogP contribution is 2.12. The Morgan fingerprint density at radius 1 is 1.16 bits per heavy atom. The fourth-order valence-electron chi connectivity index (χ4n) is 2.26. The van der Waals surface area contributed by atoms with Crippen LogP contribution in [-0.2, 0) is 0 Å². The summed E-state index contributed by atoms with van der Waals surface area (Å²) in [5.74, 6) is 0.471. The number of fused-ring (bicyclic) bond motifs is 1. The van der Waals surface area contributed by atoms with Crippen molar-refractivity contribution in [1.29, 1.82) is 0 Å². The van der Waals surface area contributed by atoms with Crippen LogP contribution in [0.3, 0.4) is 0 Å². The van der Waals surface area contributed by atoms with Gasteiger partial charge >= 0.3 is 0 Å². The number of amides is 1. The second-order valence-electron chi connectivity index (χ2n) is 5.39. The molecule has 1 atom stereocenters. The lowest BCUT2D eigenvalue weighted by molar-refractivity contribution is 0.0931. The first kappa shape index (κ1) is 13.5. The van der Waals surface area contributed by atoms with Crippen molar-refractivity contribution in [1.82, 2.24) is 10.3 Å². The standard InChI is InChI=1S/C16H20N2O/c1-11(2)10-12(3)17-16(19)15-9-8-13-6-4-5-7-14(13)18-15/h4-9,11-12H,10H2,1-3H3,(H,17,19)/t12-/m1/s1. The maximum Gasteiger partial charge on any atom is 0.270 e. The molecule has 0 aliphatic heterocycles. The van der Waals surface area contributed by atoms with Crippen LogP contribution in [0.1, 0.15) is 37.7 Å². The van der Waals surface area contributed by atoms with Gasteiger partial charge in [-0.15, -0.1) is 0 Å². The maximum absolute atomic E-state index is 12.1. The first-order valence-electron chi connectivity index (χ1n) is 6.73. The van der Waals surface area contributed by atoms with Crippen molar-refractivity contribution < 1.29 is 4.79 Å². The van der Waals surface area contributed by atoms with Crippen molar-refractivity contribution in [2.45, 2.75) is 33.2 Å². The molecule has 1 aromatic heterocycles. The third kappa shape index (κ3) is 3.53. The summed E-state index contributed by atoms with van der Waals surface area (Å²) in [6, 6.07) is 11.7. The van der Waals surface area contributed by atoms with E-state index >= 15 is 0 Å². The minimum atomic E-state index is -0.0982. The Balaban J connectivity index is 2.13. The number of pyridine rings is 1. The van der Waals surface area contributed by atoms with Crippen molar-refractivity contribution >= 4 is 16.8 Å². The van der Waals surface area contributed by atoms with E-state index in [-0.39, 0.29) is 11.9 Å². The Labute approximate surface area is 114 Å². The molecule has 0 saturated carbocycles. The second kappa shape index (κ2) is 5.83. The molecule has 1 heterocycles. The van der Waals surface area contributed by atoms with Gasteiger partial charge < -0.3 is 5.32 Å². The van der Waals surface area contributed by atoms with Gasteiger partial charge in [0.25, 0.3) is 5.91 Å². The van der Waals surface area contributed by atoms with Crippen molar-refractivity contribution in [3.63, 3.8) is 0 Å². The van der Waals surface area contributed by atoms with E-state index in [2.05, 4.69) is 24.1 Å².